The van der Waals surface area contributed by atoms with Gasteiger partial charge in [0.1, 0.15) is 16.8 Å². The maximum atomic E-state index is 13.6. The van der Waals surface area contributed by atoms with Crippen molar-refractivity contribution >= 4 is 59.9 Å². The lowest BCUT2D eigenvalue weighted by atomic mass is 9.56. The Hall–Kier alpha value is -0.372. The second kappa shape index (κ2) is 69.0. The van der Waals surface area contributed by atoms with Crippen molar-refractivity contribution in [1.29, 1.82) is 0 Å². The highest BCUT2D eigenvalue weighted by molar-refractivity contribution is 6.66. The van der Waals surface area contributed by atoms with Gasteiger partial charge in [0.25, 0.3) is 17.8 Å². The van der Waals surface area contributed by atoms with Crippen LogP contribution in [0.5, 0.6) is 0 Å². The molecule has 0 aromatic rings. The van der Waals surface area contributed by atoms with Crippen LogP contribution in [-0.2, 0) is 62.0 Å². The predicted octanol–water partition coefficient (Wildman–Crippen LogP) is 37.9. The number of hydrogen-bond donors (Lipinski definition) is 0. The number of hydrogen-bond acceptors (Lipinski definition) is 14. The fourth-order valence-corrected chi connectivity index (χ4v) is 21.2. The maximum Gasteiger partial charge on any atom is 0.400 e. The molecule has 0 heterocycles. The largest absolute Gasteiger partial charge is 0.400 e. The summed E-state index contributed by atoms with van der Waals surface area (Å²) in [6.07, 6.45) is 8.87. The van der Waals surface area contributed by atoms with Crippen LogP contribution in [0.2, 0.25) is 91.7 Å². The van der Waals surface area contributed by atoms with Gasteiger partial charge in [-0.25, -0.2) is 43.9 Å². The molecule has 0 spiro atoms. The molecule has 17 saturated carbocycles. The van der Waals surface area contributed by atoms with Crippen LogP contribution in [0.1, 0.15) is 332 Å². The van der Waals surface area contributed by atoms with E-state index in [1.807, 2.05) is 91.7 Å². The van der Waals surface area contributed by atoms with E-state index < -0.39 is 165 Å². The molecule has 0 aliphatic heterocycles. The minimum atomic E-state index is -4.80. The molecule has 0 radical (unpaired) electrons. The van der Waals surface area contributed by atoms with Crippen molar-refractivity contribution in [2.24, 2.45) is 99.1 Å². The zero-order valence-electron chi connectivity index (χ0n) is 85.8. The summed E-state index contributed by atoms with van der Waals surface area (Å²) in [6, 6.07) is 0. The van der Waals surface area contributed by atoms with E-state index in [1.54, 1.807) is 113 Å². The Morgan fingerprint density at radius 3 is 0.493 bits per heavy atom. The highest BCUT2D eigenvalue weighted by Crippen LogP contribution is 2.70. The summed E-state index contributed by atoms with van der Waals surface area (Å²) in [5.74, 6) is -11.0. The zero-order valence-corrected chi connectivity index (χ0v) is 92.8. The molecular formula is C104H231F19O14Si7. The molecule has 15 unspecified atom stereocenters. The van der Waals surface area contributed by atoms with Gasteiger partial charge in [-0.05, 0) is 352 Å². The van der Waals surface area contributed by atoms with Gasteiger partial charge in [0.2, 0.25) is 0 Å². The molecule has 14 bridgehead atoms. The SMILES string of the molecule is C.C.C.C.C.C.C.C.C.C.C.C.C.C.CC1(C(F)(F)F)C2CCC(C2)C1(F)F.CC1(C(F)(F)F)CC2CCC1C2.CC1(C(F)(F)F)CC2CCC1CC2.CC1(F)C2CCC(C2)C1(F)F.CC1(F)C2CCC(CC2)C1(F)F.CC1(F)CC2CCC1C2.CC1(F)CC2CCC1CC2.CO[Si](C)(C)OC.CO[Si](C)(C)OC.CO[Si](C)(C)OC.CO[Si](C)(C)OC.CO[Si](C)(C)OC.CO[Si](C)(C)OC.CO[Si](C)(C)OC. The number of alkyl halides is 19. The van der Waals surface area contributed by atoms with Crippen molar-refractivity contribution in [3.8, 4) is 0 Å². The van der Waals surface area contributed by atoms with Gasteiger partial charge in [0, 0.05) is 117 Å². The molecule has 17 fully saturated rings. The maximum absolute atomic E-state index is 13.6. The summed E-state index contributed by atoms with van der Waals surface area (Å²) in [6.45, 7) is 37.1. The third kappa shape index (κ3) is 48.0. The molecule has 17 aliphatic carbocycles. The lowest BCUT2D eigenvalue weighted by Crippen LogP contribution is -2.58. The van der Waals surface area contributed by atoms with Gasteiger partial charge in [-0.1, -0.05) is 137 Å². The highest BCUT2D eigenvalue weighted by atomic mass is 28.4. The zero-order chi connectivity index (χ0) is 102. The molecule has 15 atom stereocenters. The van der Waals surface area contributed by atoms with Gasteiger partial charge in [-0.3, -0.25) is 0 Å². The standard InChI is InChI=1S/C10H15F3.C9H11F5.2C9H13F3.C9H15F.C8H11F3.C8H13F.7C4H12O2Si.14CH4/c1-9(10(11,12)13)6-7-2-4-8(9)5-3-7;1-7(9(12,13)14)5-2-3-6(4-5)8(7,10)11;1-8(10)6-2-4-7(5-3-6)9(8,11)12;1-8(9(10,11)12)5-6-2-3-7(8)4-6;1-9(10)6-7-2-4-8(9)5-3-7;1-7(9)5-2-3-6(4-5)8(7,10)11;1-8(9)5-6-2-3-7(8)4-6;7*1-5-7(3,4)6-2;;;;;;;;;;;;;;/h7-8H,2-6H2,1H3;5-6H,2-4H2,1H3;2*6-7H,2-5H2,1H3;7-8H,2-6H2,1H3;5-6H,2-4H2,1H3;6-7H,2-5H2,1H3;7*1-4H3;14*1H4. The quantitative estimate of drug-likeness (QED) is 0.121. The topological polar surface area (TPSA) is 129 Å². The highest BCUT2D eigenvalue weighted by Gasteiger charge is 2.78. The molecule has 14 nitrogen and oxygen atoms in total. The number of rotatable bonds is 14. The predicted molar refractivity (Wildman–Crippen MR) is 588 cm³/mol. The van der Waals surface area contributed by atoms with Gasteiger partial charge in [0.05, 0.1) is 10.8 Å². The molecular weight excluding hydrogens is 2030 g/mol. The van der Waals surface area contributed by atoms with E-state index in [9.17, 15) is 83.4 Å². The average molecular weight is 2260 g/mol. The Kier molecular flexibility index (Phi) is 83.3. The lowest BCUT2D eigenvalue weighted by molar-refractivity contribution is -0.308. The van der Waals surface area contributed by atoms with Crippen molar-refractivity contribution in [2.45, 2.75) is 483 Å². The molecule has 17 rings (SSSR count). The van der Waals surface area contributed by atoms with Crippen molar-refractivity contribution < 1.29 is 145 Å². The van der Waals surface area contributed by atoms with E-state index in [-0.39, 0.29) is 141 Å². The Morgan fingerprint density at radius 1 is 0.188 bits per heavy atom. The smallest absolute Gasteiger partial charge is 0.398 e. The molecule has 892 valence electrons. The van der Waals surface area contributed by atoms with Crippen LogP contribution in [0.3, 0.4) is 0 Å². The summed E-state index contributed by atoms with van der Waals surface area (Å²) >= 11 is 0. The van der Waals surface area contributed by atoms with Crippen LogP contribution in [0, 0.1) is 99.1 Å². The van der Waals surface area contributed by atoms with E-state index >= 15 is 0 Å². The van der Waals surface area contributed by atoms with E-state index in [2.05, 4.69) is 0 Å². The molecule has 144 heavy (non-hydrogen) atoms. The first-order valence-electron chi connectivity index (χ1n) is 46.5. The molecule has 40 heteroatoms. The van der Waals surface area contributed by atoms with Gasteiger partial charge < -0.3 is 62.0 Å². The second-order valence-electron chi connectivity index (χ2n) is 42.7. The van der Waals surface area contributed by atoms with Crippen LogP contribution in [-0.4, -0.2) is 218 Å². The Balaban J connectivity index is -0.000000105. The van der Waals surface area contributed by atoms with Crippen molar-refractivity contribution in [2.75, 3.05) is 99.5 Å². The van der Waals surface area contributed by atoms with E-state index in [0.29, 0.717) is 88.4 Å². The third-order valence-corrected chi connectivity index (χ3v) is 46.1. The first-order valence-corrected chi connectivity index (χ1v) is 66.2. The molecule has 0 aromatic carbocycles. The van der Waals surface area contributed by atoms with E-state index in [0.717, 1.165) is 103 Å². The average Bonchev–Trinajstić information content (AvgIpc) is 1.54. The minimum Gasteiger partial charge on any atom is -0.398 e. The monoisotopic (exact) mass is 2260 g/mol. The Bertz CT molecular complexity index is 2960. The lowest BCUT2D eigenvalue weighted by Gasteiger charge is -2.50. The summed E-state index contributed by atoms with van der Waals surface area (Å²) < 4.78 is 317. The van der Waals surface area contributed by atoms with Crippen molar-refractivity contribution in [1.82, 2.24) is 0 Å². The normalized spacial score (nSPS) is 32.1. The summed E-state index contributed by atoms with van der Waals surface area (Å²) in [7, 11) is 11.9. The van der Waals surface area contributed by atoms with Crippen LogP contribution < -0.4 is 0 Å². The minimum absolute atomic E-state index is 0. The van der Waals surface area contributed by atoms with Crippen LogP contribution in [0.15, 0.2) is 0 Å². The Morgan fingerprint density at radius 2 is 0.375 bits per heavy atom. The molecule has 0 aromatic heterocycles. The van der Waals surface area contributed by atoms with Crippen molar-refractivity contribution in [3.63, 3.8) is 0 Å². The summed E-state index contributed by atoms with van der Waals surface area (Å²) in [5, 5.41) is 0. The van der Waals surface area contributed by atoms with Gasteiger partial charge in [0.15, 0.2) is 11.3 Å². The molecule has 17 aliphatic rings. The van der Waals surface area contributed by atoms with Gasteiger partial charge >= 0.3 is 78.5 Å². The fourth-order valence-electron chi connectivity index (χ4n) is 20.0. The fraction of sp³-hybridized carbons (Fsp3) is 1.00. The number of fused-ring (bicyclic) bond motifs is 17. The van der Waals surface area contributed by atoms with Crippen LogP contribution in [0.25, 0.3) is 0 Å². The second-order valence-corrected chi connectivity index (χ2v) is 68.0. The van der Waals surface area contributed by atoms with Gasteiger partial charge in [-0.15, -0.1) is 0 Å². The van der Waals surface area contributed by atoms with E-state index in [4.69, 9.17) is 62.0 Å². The van der Waals surface area contributed by atoms with Crippen LogP contribution in [0.4, 0.5) is 83.4 Å². The first kappa shape index (κ1) is 174. The Labute approximate surface area is 882 Å². The van der Waals surface area contributed by atoms with Crippen molar-refractivity contribution in [3.05, 3.63) is 0 Å². The third-order valence-electron chi connectivity index (χ3n) is 32.3. The summed E-state index contributed by atoms with van der Waals surface area (Å²) in [4.78, 5) is 0. The summed E-state index contributed by atoms with van der Waals surface area (Å²) in [5.41, 5.74) is -11.6. The molecule has 0 amide bonds. The first-order chi connectivity index (χ1) is 58.7. The van der Waals surface area contributed by atoms with E-state index in [1.165, 1.54) is 39.5 Å². The number of halogens is 19. The van der Waals surface area contributed by atoms with Crippen LogP contribution >= 0.6 is 0 Å². The van der Waals surface area contributed by atoms with Gasteiger partial charge in [-0.2, -0.15) is 39.5 Å². The molecule has 0 saturated heterocycles. The molecule has 0 N–H and O–H groups in total.